The number of unbranched alkanes of at least 4 members (excludes halogenated alkanes) is 1. The Kier molecular flexibility index (Phi) is 6.43. The Morgan fingerprint density at radius 1 is 1.53 bits per heavy atom. The van der Waals surface area contributed by atoms with Crippen LogP contribution >= 0.6 is 0 Å². The molecular weight excluding hydrogens is 214 g/mol. The zero-order valence-corrected chi connectivity index (χ0v) is 9.92. The third kappa shape index (κ3) is 8.32. The van der Waals surface area contributed by atoms with Crippen LogP contribution in [0.1, 0.15) is 25.7 Å². The molecule has 0 aromatic rings. The van der Waals surface area contributed by atoms with Crippen LogP contribution < -0.4 is 5.73 Å². The van der Waals surface area contributed by atoms with Crippen molar-refractivity contribution in [2.75, 3.05) is 12.0 Å². The van der Waals surface area contributed by atoms with Crippen molar-refractivity contribution < 1.29 is 13.2 Å². The minimum atomic E-state index is -3.03. The second kappa shape index (κ2) is 6.74. The van der Waals surface area contributed by atoms with Crippen molar-refractivity contribution in [3.8, 4) is 0 Å². The fourth-order valence-corrected chi connectivity index (χ4v) is 1.79. The summed E-state index contributed by atoms with van der Waals surface area (Å²) in [5.74, 6) is -0.0954. The molecule has 0 radical (unpaired) electrons. The monoisotopic (exact) mass is 233 g/mol. The zero-order chi connectivity index (χ0) is 11.9. The van der Waals surface area contributed by atoms with Gasteiger partial charge >= 0.3 is 0 Å². The first kappa shape index (κ1) is 14.3. The molecule has 0 aliphatic heterocycles. The SMILES string of the molecule is C=CCCCC(=O)C(N)CCS(C)(=O)=O. The number of hydrogen-bond donors (Lipinski definition) is 1. The predicted octanol–water partition coefficient (Wildman–Crippen LogP) is 0.674. The van der Waals surface area contributed by atoms with Crippen LogP contribution in [0, 0.1) is 0 Å². The van der Waals surface area contributed by atoms with Crippen molar-refractivity contribution in [1.82, 2.24) is 0 Å². The van der Waals surface area contributed by atoms with E-state index in [9.17, 15) is 13.2 Å². The van der Waals surface area contributed by atoms with Crippen molar-refractivity contribution >= 4 is 15.6 Å². The molecule has 0 aromatic heterocycles. The summed E-state index contributed by atoms with van der Waals surface area (Å²) in [6, 6.07) is -0.649. The molecule has 1 unspecified atom stereocenters. The Balaban J connectivity index is 3.84. The van der Waals surface area contributed by atoms with Crippen LogP contribution in [-0.4, -0.2) is 32.3 Å². The molecule has 2 N–H and O–H groups in total. The van der Waals surface area contributed by atoms with Crippen molar-refractivity contribution in [3.63, 3.8) is 0 Å². The molecular formula is C10H19NO3S. The van der Waals surface area contributed by atoms with Gasteiger partial charge in [-0.3, -0.25) is 4.79 Å². The lowest BCUT2D eigenvalue weighted by atomic mass is 10.1. The summed E-state index contributed by atoms with van der Waals surface area (Å²) >= 11 is 0. The molecule has 0 spiro atoms. The van der Waals surface area contributed by atoms with Crippen molar-refractivity contribution in [2.24, 2.45) is 5.73 Å². The molecule has 0 fully saturated rings. The highest BCUT2D eigenvalue weighted by atomic mass is 32.2. The Hall–Kier alpha value is -0.680. The number of Topliss-reactive ketones (excluding diaryl/α,β-unsaturated/α-hetero) is 1. The summed E-state index contributed by atoms with van der Waals surface area (Å²) in [5, 5.41) is 0. The van der Waals surface area contributed by atoms with Crippen LogP contribution in [0.3, 0.4) is 0 Å². The van der Waals surface area contributed by atoms with E-state index in [1.807, 2.05) is 0 Å². The van der Waals surface area contributed by atoms with Gasteiger partial charge in [0.15, 0.2) is 0 Å². The molecule has 4 nitrogen and oxygen atoms in total. The first-order valence-electron chi connectivity index (χ1n) is 4.93. The van der Waals surface area contributed by atoms with Crippen LogP contribution in [-0.2, 0) is 14.6 Å². The van der Waals surface area contributed by atoms with Gasteiger partial charge in [-0.05, 0) is 19.3 Å². The van der Waals surface area contributed by atoms with E-state index in [1.54, 1.807) is 6.08 Å². The van der Waals surface area contributed by atoms with Crippen LogP contribution in [0.15, 0.2) is 12.7 Å². The maximum atomic E-state index is 11.4. The van der Waals surface area contributed by atoms with Crippen LogP contribution in [0.25, 0.3) is 0 Å². The van der Waals surface area contributed by atoms with E-state index in [-0.39, 0.29) is 18.0 Å². The summed E-state index contributed by atoms with van der Waals surface area (Å²) < 4.78 is 21.7. The van der Waals surface area contributed by atoms with E-state index in [2.05, 4.69) is 6.58 Å². The maximum absolute atomic E-state index is 11.4. The summed E-state index contributed by atoms with van der Waals surface area (Å²) in [4.78, 5) is 11.4. The highest BCUT2D eigenvalue weighted by Gasteiger charge is 2.14. The van der Waals surface area contributed by atoms with Gasteiger partial charge in [0, 0.05) is 12.7 Å². The number of sulfone groups is 1. The lowest BCUT2D eigenvalue weighted by Gasteiger charge is -2.08. The molecule has 0 aromatic carbocycles. The van der Waals surface area contributed by atoms with E-state index in [1.165, 1.54) is 0 Å². The van der Waals surface area contributed by atoms with Crippen LogP contribution in [0.5, 0.6) is 0 Å². The average molecular weight is 233 g/mol. The zero-order valence-electron chi connectivity index (χ0n) is 9.11. The molecule has 0 aliphatic carbocycles. The Morgan fingerprint density at radius 2 is 2.13 bits per heavy atom. The van der Waals surface area contributed by atoms with E-state index in [0.29, 0.717) is 6.42 Å². The van der Waals surface area contributed by atoms with E-state index in [4.69, 9.17) is 5.73 Å². The number of carbonyl (C=O) groups is 1. The van der Waals surface area contributed by atoms with Gasteiger partial charge in [-0.25, -0.2) is 8.42 Å². The quantitative estimate of drug-likeness (QED) is 0.494. The number of allylic oxidation sites excluding steroid dienone is 1. The van der Waals surface area contributed by atoms with Crippen molar-refractivity contribution in [1.29, 1.82) is 0 Å². The number of ketones is 1. The summed E-state index contributed by atoms with van der Waals surface area (Å²) in [6.45, 7) is 3.55. The number of hydrogen-bond acceptors (Lipinski definition) is 4. The van der Waals surface area contributed by atoms with Gasteiger partial charge < -0.3 is 5.73 Å². The first-order valence-corrected chi connectivity index (χ1v) is 7.00. The molecule has 0 bridgehead atoms. The van der Waals surface area contributed by atoms with E-state index < -0.39 is 15.9 Å². The molecule has 15 heavy (non-hydrogen) atoms. The van der Waals surface area contributed by atoms with Gasteiger partial charge in [0.1, 0.15) is 15.6 Å². The molecule has 1 atom stereocenters. The standard InChI is InChI=1S/C10H19NO3S/c1-3-4-5-6-10(12)9(11)7-8-15(2,13)14/h3,9H,1,4-8,11H2,2H3. The molecule has 0 heterocycles. The van der Waals surface area contributed by atoms with Gasteiger partial charge in [-0.1, -0.05) is 6.08 Å². The predicted molar refractivity (Wildman–Crippen MR) is 61.4 cm³/mol. The Morgan fingerprint density at radius 3 is 2.60 bits per heavy atom. The molecule has 0 saturated heterocycles. The lowest BCUT2D eigenvalue weighted by Crippen LogP contribution is -2.32. The second-order valence-corrected chi connectivity index (χ2v) is 5.93. The Bertz CT molecular complexity index is 309. The smallest absolute Gasteiger partial charge is 0.149 e. The van der Waals surface area contributed by atoms with E-state index >= 15 is 0 Å². The largest absolute Gasteiger partial charge is 0.321 e. The maximum Gasteiger partial charge on any atom is 0.149 e. The number of nitrogens with two attached hydrogens (primary N) is 1. The third-order valence-corrected chi connectivity index (χ3v) is 3.02. The highest BCUT2D eigenvalue weighted by molar-refractivity contribution is 7.90. The normalized spacial score (nSPS) is 13.5. The highest BCUT2D eigenvalue weighted by Crippen LogP contribution is 2.02. The molecule has 0 aliphatic rings. The molecule has 0 saturated carbocycles. The van der Waals surface area contributed by atoms with Crippen LogP contribution in [0.4, 0.5) is 0 Å². The molecule has 0 rings (SSSR count). The topological polar surface area (TPSA) is 77.2 Å². The molecule has 5 heteroatoms. The van der Waals surface area contributed by atoms with Crippen LogP contribution in [0.2, 0.25) is 0 Å². The van der Waals surface area contributed by atoms with Gasteiger partial charge in [-0.2, -0.15) is 0 Å². The van der Waals surface area contributed by atoms with Gasteiger partial charge in [0.05, 0.1) is 11.8 Å². The fourth-order valence-electron chi connectivity index (χ4n) is 1.11. The van der Waals surface area contributed by atoms with Gasteiger partial charge in [0.25, 0.3) is 0 Å². The summed E-state index contributed by atoms with van der Waals surface area (Å²) in [5.41, 5.74) is 5.57. The second-order valence-electron chi connectivity index (χ2n) is 3.67. The number of carbonyl (C=O) groups excluding carboxylic acids is 1. The lowest BCUT2D eigenvalue weighted by molar-refractivity contribution is -0.120. The summed E-state index contributed by atoms with van der Waals surface area (Å²) in [7, 11) is -3.03. The minimum Gasteiger partial charge on any atom is -0.321 e. The first-order chi connectivity index (χ1) is 6.87. The van der Waals surface area contributed by atoms with Crippen molar-refractivity contribution in [3.05, 3.63) is 12.7 Å². The minimum absolute atomic E-state index is 0.0264. The van der Waals surface area contributed by atoms with E-state index in [0.717, 1.165) is 19.1 Å². The van der Waals surface area contributed by atoms with Gasteiger partial charge in [0.2, 0.25) is 0 Å². The Labute approximate surface area is 91.5 Å². The third-order valence-electron chi connectivity index (χ3n) is 2.04. The fraction of sp³-hybridized carbons (Fsp3) is 0.700. The number of rotatable bonds is 8. The molecule has 0 amide bonds. The summed E-state index contributed by atoms with van der Waals surface area (Å²) in [6.07, 6.45) is 5.01. The molecule has 88 valence electrons. The van der Waals surface area contributed by atoms with Crippen molar-refractivity contribution in [2.45, 2.75) is 31.7 Å². The average Bonchev–Trinajstić information content (AvgIpc) is 2.13. The van der Waals surface area contributed by atoms with Gasteiger partial charge in [-0.15, -0.1) is 6.58 Å².